The van der Waals surface area contributed by atoms with E-state index in [1.54, 1.807) is 0 Å². The number of nitrogens with zero attached hydrogens (tertiary/aromatic N) is 1. The number of likely N-dealkylation sites (tertiary alicyclic amines) is 1. The number of hydrogen-bond donors (Lipinski definition) is 1. The van der Waals surface area contributed by atoms with Gasteiger partial charge in [-0.3, -0.25) is 4.79 Å². The highest BCUT2D eigenvalue weighted by Gasteiger charge is 2.28. The molecular weight excluding hydrogens is 304 g/mol. The highest BCUT2D eigenvalue weighted by Crippen LogP contribution is 2.23. The Hall–Kier alpha value is -1.60. The van der Waals surface area contributed by atoms with Crippen molar-refractivity contribution in [2.75, 3.05) is 6.61 Å². The molecule has 1 aromatic carbocycles. The van der Waals surface area contributed by atoms with Crippen LogP contribution in [-0.2, 0) is 14.8 Å². The SMILES string of the molecule is C[C@H]1CCC[C@H](C)N1C(=O)COc1ccc(S(N)(=O)=O)cc1. The van der Waals surface area contributed by atoms with Crippen LogP contribution in [0.25, 0.3) is 0 Å². The topological polar surface area (TPSA) is 89.7 Å². The highest BCUT2D eigenvalue weighted by molar-refractivity contribution is 7.89. The summed E-state index contributed by atoms with van der Waals surface area (Å²) in [6, 6.07) is 6.17. The molecule has 22 heavy (non-hydrogen) atoms. The largest absolute Gasteiger partial charge is 0.484 e. The Kier molecular flexibility index (Phi) is 5.08. The Morgan fingerprint density at radius 2 is 1.77 bits per heavy atom. The van der Waals surface area contributed by atoms with Crippen LogP contribution < -0.4 is 9.88 Å². The molecule has 2 atom stereocenters. The van der Waals surface area contributed by atoms with E-state index in [1.165, 1.54) is 24.3 Å². The molecule has 1 aromatic rings. The monoisotopic (exact) mass is 326 g/mol. The van der Waals surface area contributed by atoms with E-state index >= 15 is 0 Å². The van der Waals surface area contributed by atoms with Gasteiger partial charge in [-0.1, -0.05) is 0 Å². The van der Waals surface area contributed by atoms with Gasteiger partial charge in [0.2, 0.25) is 10.0 Å². The molecular formula is C15H22N2O4S. The van der Waals surface area contributed by atoms with Crippen LogP contribution in [-0.4, -0.2) is 37.9 Å². The van der Waals surface area contributed by atoms with E-state index in [1.807, 2.05) is 4.90 Å². The number of nitrogens with two attached hydrogens (primary N) is 1. The second-order valence-electron chi connectivity index (χ2n) is 5.74. The minimum Gasteiger partial charge on any atom is -0.484 e. The van der Waals surface area contributed by atoms with Crippen molar-refractivity contribution in [3.05, 3.63) is 24.3 Å². The average Bonchev–Trinajstić information content (AvgIpc) is 2.44. The number of amides is 1. The van der Waals surface area contributed by atoms with Gasteiger partial charge in [-0.25, -0.2) is 13.6 Å². The van der Waals surface area contributed by atoms with Crippen LogP contribution in [0, 0.1) is 0 Å². The first kappa shape index (κ1) is 16.8. The van der Waals surface area contributed by atoms with Gasteiger partial charge in [-0.05, 0) is 57.4 Å². The molecule has 122 valence electrons. The molecule has 1 aliphatic rings. The first-order valence-electron chi connectivity index (χ1n) is 7.36. The third-order valence-electron chi connectivity index (χ3n) is 4.00. The maximum atomic E-state index is 12.3. The molecule has 2 rings (SSSR count). The smallest absolute Gasteiger partial charge is 0.260 e. The lowest BCUT2D eigenvalue weighted by molar-refractivity contribution is -0.139. The van der Waals surface area contributed by atoms with Gasteiger partial charge in [0.1, 0.15) is 5.75 Å². The van der Waals surface area contributed by atoms with Gasteiger partial charge in [-0.2, -0.15) is 0 Å². The van der Waals surface area contributed by atoms with Crippen molar-refractivity contribution in [2.24, 2.45) is 5.14 Å². The number of ether oxygens (including phenoxy) is 1. The first-order valence-corrected chi connectivity index (χ1v) is 8.90. The Bertz CT molecular complexity index is 617. The highest BCUT2D eigenvalue weighted by atomic mass is 32.2. The molecule has 0 radical (unpaired) electrons. The number of sulfonamides is 1. The predicted octanol–water partition coefficient (Wildman–Crippen LogP) is 1.50. The maximum Gasteiger partial charge on any atom is 0.260 e. The summed E-state index contributed by atoms with van der Waals surface area (Å²) < 4.78 is 27.8. The van der Waals surface area contributed by atoms with Crippen molar-refractivity contribution in [2.45, 2.75) is 50.1 Å². The van der Waals surface area contributed by atoms with Crippen molar-refractivity contribution in [3.8, 4) is 5.75 Å². The quantitative estimate of drug-likeness (QED) is 0.908. The number of hydrogen-bond acceptors (Lipinski definition) is 4. The fourth-order valence-corrected chi connectivity index (χ4v) is 3.37. The van der Waals surface area contributed by atoms with Crippen LogP contribution in [0.1, 0.15) is 33.1 Å². The summed E-state index contributed by atoms with van der Waals surface area (Å²) in [5.41, 5.74) is 0. The van der Waals surface area contributed by atoms with Gasteiger partial charge in [0.25, 0.3) is 5.91 Å². The molecule has 0 bridgehead atoms. The minimum absolute atomic E-state index is 0.0180. The summed E-state index contributed by atoms with van der Waals surface area (Å²) in [6.45, 7) is 4.05. The van der Waals surface area contributed by atoms with Crippen molar-refractivity contribution >= 4 is 15.9 Å². The number of benzene rings is 1. The molecule has 1 saturated heterocycles. The molecule has 0 spiro atoms. The van der Waals surface area contributed by atoms with Crippen molar-refractivity contribution in [1.29, 1.82) is 0 Å². The lowest BCUT2D eigenvalue weighted by Gasteiger charge is -2.38. The van der Waals surface area contributed by atoms with Crippen molar-refractivity contribution in [3.63, 3.8) is 0 Å². The van der Waals surface area contributed by atoms with Crippen molar-refractivity contribution < 1.29 is 17.9 Å². The Labute approximate surface area is 131 Å². The second kappa shape index (κ2) is 6.66. The third kappa shape index (κ3) is 3.98. The van der Waals surface area contributed by atoms with Crippen LogP contribution >= 0.6 is 0 Å². The number of carbonyl (C=O) groups excluding carboxylic acids is 1. The van der Waals surface area contributed by atoms with E-state index < -0.39 is 10.0 Å². The van der Waals surface area contributed by atoms with E-state index in [9.17, 15) is 13.2 Å². The molecule has 0 unspecified atom stereocenters. The fraction of sp³-hybridized carbons (Fsp3) is 0.533. The molecule has 6 nitrogen and oxygen atoms in total. The van der Waals surface area contributed by atoms with Gasteiger partial charge in [0.05, 0.1) is 4.90 Å². The zero-order chi connectivity index (χ0) is 16.3. The first-order chi connectivity index (χ1) is 10.3. The summed E-state index contributed by atoms with van der Waals surface area (Å²) in [5.74, 6) is 0.397. The van der Waals surface area contributed by atoms with Crippen LogP contribution in [0.2, 0.25) is 0 Å². The van der Waals surface area contributed by atoms with Gasteiger partial charge in [0.15, 0.2) is 6.61 Å². The Balaban J connectivity index is 1.96. The van der Waals surface area contributed by atoms with E-state index in [4.69, 9.17) is 9.88 Å². The molecule has 0 saturated carbocycles. The molecule has 0 aliphatic carbocycles. The molecule has 0 aromatic heterocycles. The summed E-state index contributed by atoms with van der Waals surface area (Å²) in [6.07, 6.45) is 3.17. The predicted molar refractivity (Wildman–Crippen MR) is 82.9 cm³/mol. The Morgan fingerprint density at radius 1 is 1.23 bits per heavy atom. The molecule has 1 heterocycles. The molecule has 2 N–H and O–H groups in total. The van der Waals surface area contributed by atoms with E-state index in [-0.39, 0.29) is 29.5 Å². The minimum atomic E-state index is -3.71. The lowest BCUT2D eigenvalue weighted by atomic mass is 9.97. The molecule has 1 fully saturated rings. The number of carbonyl (C=O) groups is 1. The van der Waals surface area contributed by atoms with Crippen LogP contribution in [0.5, 0.6) is 5.75 Å². The third-order valence-corrected chi connectivity index (χ3v) is 4.93. The summed E-state index contributed by atoms with van der Waals surface area (Å²) in [5, 5.41) is 5.03. The fourth-order valence-electron chi connectivity index (χ4n) is 2.86. The van der Waals surface area contributed by atoms with Crippen LogP contribution in [0.15, 0.2) is 29.2 Å². The van der Waals surface area contributed by atoms with Gasteiger partial charge >= 0.3 is 0 Å². The standard InChI is InChI=1S/C15H22N2O4S/c1-11-4-3-5-12(2)17(11)15(18)10-21-13-6-8-14(9-7-13)22(16,19)20/h6-9,11-12H,3-5,10H2,1-2H3,(H2,16,19,20)/t11-,12-/m0/s1. The molecule has 1 aliphatic heterocycles. The second-order valence-corrected chi connectivity index (χ2v) is 7.30. The number of rotatable bonds is 4. The average molecular weight is 326 g/mol. The van der Waals surface area contributed by atoms with Crippen molar-refractivity contribution in [1.82, 2.24) is 4.90 Å². The zero-order valence-corrected chi connectivity index (χ0v) is 13.7. The normalized spacial score (nSPS) is 22.4. The van der Waals surface area contributed by atoms with E-state index in [2.05, 4.69) is 13.8 Å². The Morgan fingerprint density at radius 3 is 2.27 bits per heavy atom. The van der Waals surface area contributed by atoms with Gasteiger partial charge in [-0.15, -0.1) is 0 Å². The van der Waals surface area contributed by atoms with E-state index in [0.29, 0.717) is 5.75 Å². The summed E-state index contributed by atoms with van der Waals surface area (Å²) in [4.78, 5) is 14.2. The lowest BCUT2D eigenvalue weighted by Crippen LogP contribution is -2.49. The van der Waals surface area contributed by atoms with Gasteiger partial charge in [0, 0.05) is 12.1 Å². The van der Waals surface area contributed by atoms with Crippen LogP contribution in [0.3, 0.4) is 0 Å². The summed E-state index contributed by atoms with van der Waals surface area (Å²) in [7, 11) is -3.71. The summed E-state index contributed by atoms with van der Waals surface area (Å²) >= 11 is 0. The van der Waals surface area contributed by atoms with Crippen LogP contribution in [0.4, 0.5) is 0 Å². The number of primary sulfonamides is 1. The zero-order valence-electron chi connectivity index (χ0n) is 12.9. The maximum absolute atomic E-state index is 12.3. The van der Waals surface area contributed by atoms with Gasteiger partial charge < -0.3 is 9.64 Å². The molecule has 7 heteroatoms. The number of piperidine rings is 1. The molecule has 1 amide bonds. The van der Waals surface area contributed by atoms with E-state index in [0.717, 1.165) is 19.3 Å².